The standard InChI is InChI=1S/C17H19N5O2/c1-12(19-17(24)15-7-8-16(23)21(2)20-15)13-5-3-6-14(11-13)22-10-4-9-18-22/h3-6,9-12H,7-8H2,1-2H3,(H,19,24)/t12-/m1/s1. The Kier molecular flexibility index (Phi) is 4.41. The molecule has 1 aromatic heterocycles. The molecule has 0 bridgehead atoms. The van der Waals surface area contributed by atoms with E-state index in [1.807, 2.05) is 43.5 Å². The SMILES string of the molecule is C[C@@H](NC(=O)C1=NN(C)C(=O)CC1)c1cccc(-n2cccn2)c1. The monoisotopic (exact) mass is 325 g/mol. The molecule has 2 aromatic rings. The number of hydrogen-bond donors (Lipinski definition) is 1. The minimum absolute atomic E-state index is 0.0773. The highest BCUT2D eigenvalue weighted by molar-refractivity contribution is 6.39. The lowest BCUT2D eigenvalue weighted by molar-refractivity contribution is -0.130. The lowest BCUT2D eigenvalue weighted by Crippen LogP contribution is -2.38. The van der Waals surface area contributed by atoms with Crippen LogP contribution in [-0.2, 0) is 9.59 Å². The quantitative estimate of drug-likeness (QED) is 0.928. The Morgan fingerprint density at radius 3 is 2.83 bits per heavy atom. The Morgan fingerprint density at radius 2 is 2.12 bits per heavy atom. The number of carbonyl (C=O) groups excluding carboxylic acids is 2. The highest BCUT2D eigenvalue weighted by atomic mass is 16.2. The highest BCUT2D eigenvalue weighted by Gasteiger charge is 2.23. The van der Waals surface area contributed by atoms with Crippen LogP contribution in [0.25, 0.3) is 5.69 Å². The molecule has 124 valence electrons. The molecule has 0 spiro atoms. The molecule has 0 unspecified atom stereocenters. The van der Waals surface area contributed by atoms with Gasteiger partial charge in [0.25, 0.3) is 5.91 Å². The summed E-state index contributed by atoms with van der Waals surface area (Å²) in [7, 11) is 1.56. The number of nitrogens with zero attached hydrogens (tertiary/aromatic N) is 4. The number of rotatable bonds is 4. The number of nitrogens with one attached hydrogen (secondary N) is 1. The van der Waals surface area contributed by atoms with Crippen molar-refractivity contribution in [2.75, 3.05) is 7.05 Å². The predicted molar refractivity (Wildman–Crippen MR) is 89.6 cm³/mol. The van der Waals surface area contributed by atoms with Crippen LogP contribution < -0.4 is 5.32 Å². The first-order valence-corrected chi connectivity index (χ1v) is 7.79. The van der Waals surface area contributed by atoms with E-state index in [0.29, 0.717) is 18.6 Å². The number of benzene rings is 1. The maximum absolute atomic E-state index is 12.4. The maximum atomic E-state index is 12.4. The summed E-state index contributed by atoms with van der Waals surface area (Å²) in [6.45, 7) is 1.92. The summed E-state index contributed by atoms with van der Waals surface area (Å²) in [6.07, 6.45) is 4.27. The van der Waals surface area contributed by atoms with Crippen LogP contribution in [-0.4, -0.2) is 39.4 Å². The van der Waals surface area contributed by atoms with Crippen molar-refractivity contribution in [2.45, 2.75) is 25.8 Å². The number of amides is 2. The molecule has 1 aliphatic rings. The molecule has 0 saturated heterocycles. The van der Waals surface area contributed by atoms with Crippen molar-refractivity contribution >= 4 is 17.5 Å². The van der Waals surface area contributed by atoms with Gasteiger partial charge in [0.2, 0.25) is 5.91 Å². The van der Waals surface area contributed by atoms with Gasteiger partial charge in [-0.3, -0.25) is 9.59 Å². The summed E-state index contributed by atoms with van der Waals surface area (Å²) < 4.78 is 1.77. The van der Waals surface area contributed by atoms with Crippen molar-refractivity contribution < 1.29 is 9.59 Å². The van der Waals surface area contributed by atoms with E-state index in [2.05, 4.69) is 15.5 Å². The second-order valence-electron chi connectivity index (χ2n) is 5.70. The Labute approximate surface area is 140 Å². The molecule has 3 rings (SSSR count). The number of aromatic nitrogens is 2. The van der Waals surface area contributed by atoms with E-state index in [9.17, 15) is 9.59 Å². The fourth-order valence-electron chi connectivity index (χ4n) is 2.55. The van der Waals surface area contributed by atoms with Crippen LogP contribution in [0.15, 0.2) is 47.8 Å². The lowest BCUT2D eigenvalue weighted by Gasteiger charge is -2.21. The van der Waals surface area contributed by atoms with Gasteiger partial charge in [0, 0.05) is 32.3 Å². The van der Waals surface area contributed by atoms with Crippen LogP contribution in [0.3, 0.4) is 0 Å². The average Bonchev–Trinajstić information content (AvgIpc) is 3.12. The van der Waals surface area contributed by atoms with Crippen molar-refractivity contribution in [3.8, 4) is 5.69 Å². The number of carbonyl (C=O) groups is 2. The largest absolute Gasteiger partial charge is 0.344 e. The Balaban J connectivity index is 1.72. The first kappa shape index (κ1) is 15.9. The van der Waals surface area contributed by atoms with Gasteiger partial charge in [-0.15, -0.1) is 0 Å². The van der Waals surface area contributed by atoms with E-state index in [0.717, 1.165) is 11.3 Å². The minimum Gasteiger partial charge on any atom is -0.344 e. The van der Waals surface area contributed by atoms with Gasteiger partial charge in [0.15, 0.2) is 0 Å². The zero-order chi connectivity index (χ0) is 17.1. The zero-order valence-electron chi connectivity index (χ0n) is 13.6. The number of hydrogen-bond acceptors (Lipinski definition) is 4. The van der Waals surface area contributed by atoms with Gasteiger partial charge in [-0.25, -0.2) is 9.69 Å². The van der Waals surface area contributed by atoms with Gasteiger partial charge < -0.3 is 5.32 Å². The lowest BCUT2D eigenvalue weighted by atomic mass is 10.1. The summed E-state index contributed by atoms with van der Waals surface area (Å²) in [6, 6.07) is 9.50. The Morgan fingerprint density at radius 1 is 1.29 bits per heavy atom. The van der Waals surface area contributed by atoms with E-state index >= 15 is 0 Å². The van der Waals surface area contributed by atoms with Crippen LogP contribution in [0.2, 0.25) is 0 Å². The normalized spacial score (nSPS) is 15.8. The minimum atomic E-state index is -0.244. The van der Waals surface area contributed by atoms with Gasteiger partial charge in [0.1, 0.15) is 5.71 Å². The Bertz CT molecular complexity index is 782. The average molecular weight is 325 g/mol. The molecule has 2 heterocycles. The fourth-order valence-corrected chi connectivity index (χ4v) is 2.55. The van der Waals surface area contributed by atoms with Gasteiger partial charge in [0.05, 0.1) is 11.7 Å². The molecule has 1 aromatic carbocycles. The Hall–Kier alpha value is -2.96. The van der Waals surface area contributed by atoms with Gasteiger partial charge in [-0.05, 0) is 30.7 Å². The molecule has 0 aliphatic carbocycles. The van der Waals surface area contributed by atoms with E-state index in [1.54, 1.807) is 17.9 Å². The van der Waals surface area contributed by atoms with Crippen molar-refractivity contribution in [3.05, 3.63) is 48.3 Å². The molecular weight excluding hydrogens is 306 g/mol. The molecule has 7 heteroatoms. The molecule has 1 aliphatic heterocycles. The fraction of sp³-hybridized carbons (Fsp3) is 0.294. The molecule has 0 saturated carbocycles. The molecule has 1 N–H and O–H groups in total. The predicted octanol–water partition coefficient (Wildman–Crippen LogP) is 1.66. The van der Waals surface area contributed by atoms with Crippen LogP contribution >= 0.6 is 0 Å². The summed E-state index contributed by atoms with van der Waals surface area (Å²) in [5, 5.41) is 12.4. The zero-order valence-corrected chi connectivity index (χ0v) is 13.6. The van der Waals surface area contributed by atoms with Crippen molar-refractivity contribution in [1.82, 2.24) is 20.1 Å². The second kappa shape index (κ2) is 6.66. The first-order chi connectivity index (χ1) is 11.5. The maximum Gasteiger partial charge on any atom is 0.267 e. The second-order valence-corrected chi connectivity index (χ2v) is 5.70. The topological polar surface area (TPSA) is 79.6 Å². The van der Waals surface area contributed by atoms with E-state index < -0.39 is 0 Å². The summed E-state index contributed by atoms with van der Waals surface area (Å²) in [5.74, 6) is -0.321. The third-order valence-corrected chi connectivity index (χ3v) is 3.96. The van der Waals surface area contributed by atoms with Crippen LogP contribution in [0, 0.1) is 0 Å². The van der Waals surface area contributed by atoms with Gasteiger partial charge >= 0.3 is 0 Å². The van der Waals surface area contributed by atoms with E-state index in [4.69, 9.17) is 0 Å². The van der Waals surface area contributed by atoms with Crippen LogP contribution in [0.4, 0.5) is 0 Å². The first-order valence-electron chi connectivity index (χ1n) is 7.79. The van der Waals surface area contributed by atoms with E-state index in [-0.39, 0.29) is 17.9 Å². The van der Waals surface area contributed by atoms with Crippen molar-refractivity contribution in [1.29, 1.82) is 0 Å². The highest BCUT2D eigenvalue weighted by Crippen LogP contribution is 2.17. The molecule has 7 nitrogen and oxygen atoms in total. The van der Waals surface area contributed by atoms with Crippen molar-refractivity contribution in [2.24, 2.45) is 5.10 Å². The third-order valence-electron chi connectivity index (χ3n) is 3.96. The molecule has 0 radical (unpaired) electrons. The summed E-state index contributed by atoms with van der Waals surface area (Å²) in [4.78, 5) is 23.8. The van der Waals surface area contributed by atoms with Crippen LogP contribution in [0.1, 0.15) is 31.4 Å². The summed E-state index contributed by atoms with van der Waals surface area (Å²) >= 11 is 0. The van der Waals surface area contributed by atoms with Crippen LogP contribution in [0.5, 0.6) is 0 Å². The molecule has 24 heavy (non-hydrogen) atoms. The molecular formula is C17H19N5O2. The van der Waals surface area contributed by atoms with Gasteiger partial charge in [-0.1, -0.05) is 12.1 Å². The van der Waals surface area contributed by atoms with Gasteiger partial charge in [-0.2, -0.15) is 10.2 Å². The summed E-state index contributed by atoms with van der Waals surface area (Å²) in [5.41, 5.74) is 2.28. The smallest absolute Gasteiger partial charge is 0.267 e. The number of hydrazone groups is 1. The van der Waals surface area contributed by atoms with E-state index in [1.165, 1.54) is 5.01 Å². The molecule has 2 amide bonds. The molecule has 0 fully saturated rings. The third kappa shape index (κ3) is 3.34. The van der Waals surface area contributed by atoms with Crippen molar-refractivity contribution in [3.63, 3.8) is 0 Å². The molecule has 1 atom stereocenters.